The molecular weight excluding hydrogens is 220 g/mol. The molecule has 1 aromatic carbocycles. The van der Waals surface area contributed by atoms with E-state index in [1.54, 1.807) is 6.07 Å². The second-order valence-corrected chi connectivity index (χ2v) is 6.77. The smallest absolute Gasteiger partial charge is 0.181 e. The first-order valence-electron chi connectivity index (χ1n) is 5.92. The van der Waals surface area contributed by atoms with Gasteiger partial charge in [-0.1, -0.05) is 37.5 Å². The highest BCUT2D eigenvalue weighted by Gasteiger charge is 2.29. The van der Waals surface area contributed by atoms with Gasteiger partial charge in [-0.15, -0.1) is 0 Å². The first kappa shape index (κ1) is 11.6. The Labute approximate surface area is 97.6 Å². The quantitative estimate of drug-likeness (QED) is 0.793. The van der Waals surface area contributed by atoms with Crippen LogP contribution in [0.25, 0.3) is 0 Å². The van der Waals surface area contributed by atoms with Gasteiger partial charge in [-0.05, 0) is 31.4 Å². The minimum absolute atomic E-state index is 0.151. The molecule has 0 amide bonds. The van der Waals surface area contributed by atoms with Gasteiger partial charge in [0, 0.05) is 0 Å². The number of sulfone groups is 1. The van der Waals surface area contributed by atoms with Crippen molar-refractivity contribution >= 4 is 9.84 Å². The van der Waals surface area contributed by atoms with Crippen molar-refractivity contribution in [1.29, 1.82) is 0 Å². The molecule has 2 nitrogen and oxygen atoms in total. The summed E-state index contributed by atoms with van der Waals surface area (Å²) in [4.78, 5) is 0.530. The van der Waals surface area contributed by atoms with E-state index in [4.69, 9.17) is 0 Å². The Bertz CT molecular complexity index is 457. The van der Waals surface area contributed by atoms with Crippen LogP contribution in [0.2, 0.25) is 0 Å². The number of hydrogen-bond donors (Lipinski definition) is 0. The van der Waals surface area contributed by atoms with Crippen molar-refractivity contribution in [2.75, 3.05) is 0 Å². The zero-order chi connectivity index (χ0) is 11.6. The molecule has 1 fully saturated rings. The fourth-order valence-corrected chi connectivity index (χ4v) is 4.53. The van der Waals surface area contributed by atoms with E-state index >= 15 is 0 Å². The lowest BCUT2D eigenvalue weighted by atomic mass is 10.0. The lowest BCUT2D eigenvalue weighted by Crippen LogP contribution is -2.24. The molecule has 0 aliphatic heterocycles. The van der Waals surface area contributed by atoms with E-state index in [1.165, 1.54) is 6.42 Å². The van der Waals surface area contributed by atoms with Gasteiger partial charge in [0.15, 0.2) is 9.84 Å². The second kappa shape index (κ2) is 4.58. The monoisotopic (exact) mass is 238 g/mol. The van der Waals surface area contributed by atoms with Crippen molar-refractivity contribution < 1.29 is 8.42 Å². The molecule has 0 heterocycles. The van der Waals surface area contributed by atoms with E-state index < -0.39 is 9.84 Å². The Hall–Kier alpha value is -0.830. The number of rotatable bonds is 2. The topological polar surface area (TPSA) is 34.1 Å². The zero-order valence-electron chi connectivity index (χ0n) is 9.65. The maximum atomic E-state index is 12.4. The van der Waals surface area contributed by atoms with Crippen molar-refractivity contribution in [3.8, 4) is 0 Å². The van der Waals surface area contributed by atoms with Crippen molar-refractivity contribution in [3.05, 3.63) is 29.8 Å². The first-order valence-corrected chi connectivity index (χ1v) is 7.46. The maximum Gasteiger partial charge on any atom is 0.181 e. The van der Waals surface area contributed by atoms with Gasteiger partial charge in [0.1, 0.15) is 0 Å². The molecule has 1 aromatic rings. The number of hydrogen-bond acceptors (Lipinski definition) is 2. The van der Waals surface area contributed by atoms with Crippen LogP contribution in [-0.4, -0.2) is 13.7 Å². The molecule has 0 aromatic heterocycles. The fraction of sp³-hybridized carbons (Fsp3) is 0.538. The fourth-order valence-electron chi connectivity index (χ4n) is 2.43. The predicted molar refractivity (Wildman–Crippen MR) is 65.2 cm³/mol. The van der Waals surface area contributed by atoms with Gasteiger partial charge in [-0.25, -0.2) is 8.42 Å². The Morgan fingerprint density at radius 2 is 1.69 bits per heavy atom. The normalized spacial score (nSPS) is 18.6. The Kier molecular flexibility index (Phi) is 3.33. The Morgan fingerprint density at radius 3 is 2.31 bits per heavy atom. The molecule has 0 radical (unpaired) electrons. The summed E-state index contributed by atoms with van der Waals surface area (Å²) in [6, 6.07) is 7.30. The minimum Gasteiger partial charge on any atom is -0.223 e. The van der Waals surface area contributed by atoms with E-state index in [0.29, 0.717) is 4.90 Å². The summed E-state index contributed by atoms with van der Waals surface area (Å²) in [5.41, 5.74) is 0.869. The molecule has 88 valence electrons. The zero-order valence-corrected chi connectivity index (χ0v) is 10.5. The van der Waals surface area contributed by atoms with Crippen LogP contribution in [0.5, 0.6) is 0 Å². The summed E-state index contributed by atoms with van der Waals surface area (Å²) in [6.07, 6.45) is 4.94. The van der Waals surface area contributed by atoms with Crippen molar-refractivity contribution in [3.63, 3.8) is 0 Å². The third kappa shape index (κ3) is 2.14. The predicted octanol–water partition coefficient (Wildman–Crippen LogP) is 3.10. The van der Waals surface area contributed by atoms with Crippen LogP contribution >= 0.6 is 0 Å². The molecule has 0 saturated heterocycles. The summed E-state index contributed by atoms with van der Waals surface area (Å²) in [7, 11) is -3.09. The molecule has 2 rings (SSSR count). The maximum absolute atomic E-state index is 12.4. The summed E-state index contributed by atoms with van der Waals surface area (Å²) < 4.78 is 24.8. The third-order valence-electron chi connectivity index (χ3n) is 3.39. The van der Waals surface area contributed by atoms with E-state index in [2.05, 4.69) is 0 Å². The molecule has 0 spiro atoms. The van der Waals surface area contributed by atoms with Gasteiger partial charge in [-0.2, -0.15) is 0 Å². The molecule has 0 N–H and O–H groups in total. The molecule has 16 heavy (non-hydrogen) atoms. The van der Waals surface area contributed by atoms with Gasteiger partial charge in [-0.3, -0.25) is 0 Å². The molecular formula is C13H18O2S. The van der Waals surface area contributed by atoms with Crippen LogP contribution in [0.4, 0.5) is 0 Å². The first-order chi connectivity index (χ1) is 7.62. The van der Waals surface area contributed by atoms with Crippen LogP contribution in [0.15, 0.2) is 29.2 Å². The van der Waals surface area contributed by atoms with E-state index in [0.717, 1.165) is 31.2 Å². The molecule has 1 aliphatic rings. The highest BCUT2D eigenvalue weighted by Crippen LogP contribution is 2.29. The van der Waals surface area contributed by atoms with Gasteiger partial charge in [0.05, 0.1) is 10.1 Å². The lowest BCUT2D eigenvalue weighted by Gasteiger charge is -2.22. The number of aryl methyl sites for hydroxylation is 1. The van der Waals surface area contributed by atoms with Crippen LogP contribution in [0, 0.1) is 6.92 Å². The summed E-state index contributed by atoms with van der Waals surface area (Å²) in [5.74, 6) is 0. The number of benzene rings is 1. The van der Waals surface area contributed by atoms with Crippen molar-refractivity contribution in [2.24, 2.45) is 0 Å². The minimum atomic E-state index is -3.09. The molecule has 1 aliphatic carbocycles. The average Bonchev–Trinajstić information content (AvgIpc) is 2.30. The molecule has 0 bridgehead atoms. The highest BCUT2D eigenvalue weighted by atomic mass is 32.2. The van der Waals surface area contributed by atoms with Crippen LogP contribution < -0.4 is 0 Å². The molecule has 3 heteroatoms. The summed E-state index contributed by atoms with van der Waals surface area (Å²) in [6.45, 7) is 1.87. The largest absolute Gasteiger partial charge is 0.223 e. The SMILES string of the molecule is Cc1ccccc1S(=O)(=O)C1CCCCC1. The summed E-state index contributed by atoms with van der Waals surface area (Å²) >= 11 is 0. The molecule has 0 unspecified atom stereocenters. The standard InChI is InChI=1S/C13H18O2S/c1-11-7-5-6-10-13(11)16(14,15)12-8-3-2-4-9-12/h5-7,10,12H,2-4,8-9H2,1H3. The highest BCUT2D eigenvalue weighted by molar-refractivity contribution is 7.92. The van der Waals surface area contributed by atoms with Gasteiger partial charge in [0.25, 0.3) is 0 Å². The van der Waals surface area contributed by atoms with Gasteiger partial charge >= 0.3 is 0 Å². The van der Waals surface area contributed by atoms with Crippen molar-refractivity contribution in [1.82, 2.24) is 0 Å². The second-order valence-electron chi connectivity index (χ2n) is 4.57. The molecule has 0 atom stereocenters. The van der Waals surface area contributed by atoms with E-state index in [1.807, 2.05) is 25.1 Å². The third-order valence-corrected chi connectivity index (χ3v) is 5.81. The van der Waals surface area contributed by atoms with Gasteiger partial charge < -0.3 is 0 Å². The summed E-state index contributed by atoms with van der Waals surface area (Å²) in [5, 5.41) is -0.151. The van der Waals surface area contributed by atoms with E-state index in [-0.39, 0.29) is 5.25 Å². The average molecular weight is 238 g/mol. The van der Waals surface area contributed by atoms with Crippen molar-refractivity contribution in [2.45, 2.75) is 49.2 Å². The Morgan fingerprint density at radius 1 is 1.06 bits per heavy atom. The van der Waals surface area contributed by atoms with E-state index in [9.17, 15) is 8.42 Å². The Balaban J connectivity index is 2.35. The lowest BCUT2D eigenvalue weighted by molar-refractivity contribution is 0.483. The van der Waals surface area contributed by atoms with Gasteiger partial charge in [0.2, 0.25) is 0 Å². The van der Waals surface area contributed by atoms with Crippen LogP contribution in [0.3, 0.4) is 0 Å². The van der Waals surface area contributed by atoms with Crippen LogP contribution in [0.1, 0.15) is 37.7 Å². The van der Waals surface area contributed by atoms with Crippen LogP contribution in [-0.2, 0) is 9.84 Å². The molecule has 1 saturated carbocycles.